The highest BCUT2D eigenvalue weighted by Crippen LogP contribution is 2.42. The highest BCUT2D eigenvalue weighted by molar-refractivity contribution is 9.13. The summed E-state index contributed by atoms with van der Waals surface area (Å²) in [6.45, 7) is 0.0457. The molecule has 0 heterocycles. The summed E-state index contributed by atoms with van der Waals surface area (Å²) in [5.74, 6) is 1.05. The number of ether oxygens (including phenoxy) is 3. The van der Waals surface area contributed by atoms with Crippen molar-refractivity contribution in [2.24, 2.45) is 5.10 Å². The Morgan fingerprint density at radius 3 is 2.41 bits per heavy atom. The number of rotatable bonds is 9. The number of hydrogen-bond acceptors (Lipinski definition) is 5. The van der Waals surface area contributed by atoms with Crippen molar-refractivity contribution >= 4 is 78.8 Å². The van der Waals surface area contributed by atoms with Gasteiger partial charge in [-0.15, -0.1) is 0 Å². The molecule has 0 saturated carbocycles. The standard InChI is InChI=1S/C23H17Br2Cl3N2O4/c1-32-19-9-14(10-29-30-20(31)12-33-16-5-3-15(26)4-6-16)21(24)22(25)23(19)34-11-13-2-7-17(27)18(28)8-13/h2-10H,11-12H2,1H3,(H,30,31)/b29-10-. The number of nitrogens with zero attached hydrogens (tertiary/aromatic N) is 1. The molecule has 0 atom stereocenters. The summed E-state index contributed by atoms with van der Waals surface area (Å²) in [4.78, 5) is 12.0. The third kappa shape index (κ3) is 7.26. The molecule has 3 aromatic carbocycles. The van der Waals surface area contributed by atoms with Crippen LogP contribution in [0, 0.1) is 0 Å². The number of amides is 1. The molecule has 6 nitrogen and oxygen atoms in total. The van der Waals surface area contributed by atoms with Gasteiger partial charge in [-0.1, -0.05) is 40.9 Å². The predicted octanol–water partition coefficient (Wildman–Crippen LogP) is 7.29. The van der Waals surface area contributed by atoms with Gasteiger partial charge in [-0.2, -0.15) is 5.10 Å². The second kappa shape index (κ2) is 12.7. The van der Waals surface area contributed by atoms with Crippen LogP contribution in [0.2, 0.25) is 15.1 Å². The molecule has 0 aliphatic rings. The lowest BCUT2D eigenvalue weighted by Crippen LogP contribution is -2.24. The number of hydrazone groups is 1. The fourth-order valence-electron chi connectivity index (χ4n) is 2.66. The van der Waals surface area contributed by atoms with Crippen LogP contribution >= 0.6 is 66.7 Å². The van der Waals surface area contributed by atoms with Gasteiger partial charge in [0.05, 0.1) is 27.8 Å². The second-order valence-corrected chi connectivity index (χ2v) is 9.53. The number of benzene rings is 3. The summed E-state index contributed by atoms with van der Waals surface area (Å²) in [7, 11) is 1.53. The van der Waals surface area contributed by atoms with E-state index in [9.17, 15) is 4.79 Å². The molecule has 34 heavy (non-hydrogen) atoms. The predicted molar refractivity (Wildman–Crippen MR) is 142 cm³/mol. The zero-order valence-corrected chi connectivity index (χ0v) is 23.0. The summed E-state index contributed by atoms with van der Waals surface area (Å²) in [5.41, 5.74) is 3.90. The molecule has 3 rings (SSSR count). The van der Waals surface area contributed by atoms with Crippen molar-refractivity contribution in [3.63, 3.8) is 0 Å². The van der Waals surface area contributed by atoms with E-state index in [1.165, 1.54) is 13.3 Å². The summed E-state index contributed by atoms with van der Waals surface area (Å²) < 4.78 is 18.1. The molecule has 0 aromatic heterocycles. The van der Waals surface area contributed by atoms with E-state index in [-0.39, 0.29) is 13.2 Å². The van der Waals surface area contributed by atoms with E-state index < -0.39 is 5.91 Å². The van der Waals surface area contributed by atoms with Crippen molar-refractivity contribution in [3.05, 3.63) is 83.7 Å². The number of carbonyl (C=O) groups is 1. The first kappa shape index (κ1) is 26.6. The molecule has 0 fully saturated rings. The van der Waals surface area contributed by atoms with Crippen LogP contribution in [0.5, 0.6) is 17.2 Å². The third-order valence-electron chi connectivity index (χ3n) is 4.32. The van der Waals surface area contributed by atoms with E-state index in [1.807, 2.05) is 6.07 Å². The fraction of sp³-hybridized carbons (Fsp3) is 0.130. The number of carbonyl (C=O) groups excluding carboxylic acids is 1. The average Bonchev–Trinajstić information content (AvgIpc) is 2.82. The van der Waals surface area contributed by atoms with Gasteiger partial charge in [0, 0.05) is 15.1 Å². The minimum atomic E-state index is -0.421. The summed E-state index contributed by atoms with van der Waals surface area (Å²) >= 11 is 24.9. The fourth-order valence-corrected chi connectivity index (χ4v) is 4.04. The molecule has 0 aliphatic heterocycles. The van der Waals surface area contributed by atoms with Crippen molar-refractivity contribution in [2.45, 2.75) is 6.61 Å². The Morgan fingerprint density at radius 2 is 1.74 bits per heavy atom. The first-order valence-corrected chi connectivity index (χ1v) is 12.3. The Labute approximate surface area is 228 Å². The average molecular weight is 652 g/mol. The first-order valence-electron chi connectivity index (χ1n) is 9.61. The molecular formula is C23H17Br2Cl3N2O4. The highest BCUT2D eigenvalue weighted by Gasteiger charge is 2.17. The Hall–Kier alpha value is -1.97. The molecular weight excluding hydrogens is 634 g/mol. The molecule has 0 spiro atoms. The van der Waals surface area contributed by atoms with E-state index >= 15 is 0 Å². The largest absolute Gasteiger partial charge is 0.493 e. The van der Waals surface area contributed by atoms with Gasteiger partial charge in [0.2, 0.25) is 0 Å². The molecule has 0 radical (unpaired) electrons. The molecule has 1 N–H and O–H groups in total. The van der Waals surface area contributed by atoms with Gasteiger partial charge in [0.25, 0.3) is 5.91 Å². The van der Waals surface area contributed by atoms with Crippen LogP contribution in [0.25, 0.3) is 0 Å². The Balaban J connectivity index is 1.64. The van der Waals surface area contributed by atoms with Crippen LogP contribution in [0.3, 0.4) is 0 Å². The van der Waals surface area contributed by atoms with E-state index in [1.54, 1.807) is 42.5 Å². The van der Waals surface area contributed by atoms with Crippen LogP contribution in [-0.4, -0.2) is 25.8 Å². The normalized spacial score (nSPS) is 10.9. The van der Waals surface area contributed by atoms with Gasteiger partial charge < -0.3 is 14.2 Å². The Morgan fingerprint density at radius 1 is 1.00 bits per heavy atom. The quantitative estimate of drug-likeness (QED) is 0.195. The van der Waals surface area contributed by atoms with Crippen molar-refractivity contribution in [1.29, 1.82) is 0 Å². The zero-order valence-electron chi connectivity index (χ0n) is 17.6. The molecule has 0 saturated heterocycles. The van der Waals surface area contributed by atoms with Crippen molar-refractivity contribution in [2.75, 3.05) is 13.7 Å². The van der Waals surface area contributed by atoms with Crippen molar-refractivity contribution in [1.82, 2.24) is 5.43 Å². The smallest absolute Gasteiger partial charge is 0.277 e. The number of methoxy groups -OCH3 is 1. The van der Waals surface area contributed by atoms with Gasteiger partial charge >= 0.3 is 0 Å². The lowest BCUT2D eigenvalue weighted by atomic mass is 10.2. The maximum absolute atomic E-state index is 12.0. The van der Waals surface area contributed by atoms with E-state index in [0.29, 0.717) is 46.8 Å². The molecule has 0 unspecified atom stereocenters. The van der Waals surface area contributed by atoms with Crippen molar-refractivity contribution < 1.29 is 19.0 Å². The third-order valence-corrected chi connectivity index (χ3v) is 7.45. The number of halogens is 5. The molecule has 1 amide bonds. The first-order chi connectivity index (χ1) is 16.3. The maximum Gasteiger partial charge on any atom is 0.277 e. The van der Waals surface area contributed by atoms with Crippen molar-refractivity contribution in [3.8, 4) is 17.2 Å². The monoisotopic (exact) mass is 648 g/mol. The van der Waals surface area contributed by atoms with Crippen LogP contribution in [0.15, 0.2) is 62.6 Å². The van der Waals surface area contributed by atoms with Crippen LogP contribution in [0.4, 0.5) is 0 Å². The molecule has 11 heteroatoms. The second-order valence-electron chi connectivity index (χ2n) is 6.70. The SMILES string of the molecule is COc1cc(/C=N\NC(=O)COc2ccc(Cl)cc2)c(Br)c(Br)c1OCc1ccc(Cl)c(Cl)c1. The van der Waals surface area contributed by atoms with Gasteiger partial charge in [0.15, 0.2) is 18.1 Å². The lowest BCUT2D eigenvalue weighted by Gasteiger charge is -2.15. The van der Waals surface area contributed by atoms with Gasteiger partial charge in [0.1, 0.15) is 12.4 Å². The molecule has 178 valence electrons. The Bertz CT molecular complexity index is 1210. The maximum atomic E-state index is 12.0. The van der Waals surface area contributed by atoms with E-state index in [0.717, 1.165) is 5.56 Å². The van der Waals surface area contributed by atoms with Crippen LogP contribution in [0.1, 0.15) is 11.1 Å². The highest BCUT2D eigenvalue weighted by atomic mass is 79.9. The summed E-state index contributed by atoms with van der Waals surface area (Å²) in [6.07, 6.45) is 1.47. The number of nitrogens with one attached hydrogen (secondary N) is 1. The van der Waals surface area contributed by atoms with Crippen LogP contribution < -0.4 is 19.6 Å². The zero-order chi connectivity index (χ0) is 24.7. The minimum Gasteiger partial charge on any atom is -0.493 e. The van der Waals surface area contributed by atoms with Crippen LogP contribution in [-0.2, 0) is 11.4 Å². The topological polar surface area (TPSA) is 69.2 Å². The molecule has 0 aliphatic carbocycles. The molecule has 3 aromatic rings. The lowest BCUT2D eigenvalue weighted by molar-refractivity contribution is -0.123. The summed E-state index contributed by atoms with van der Waals surface area (Å²) in [5, 5.41) is 5.49. The van der Waals surface area contributed by atoms with E-state index in [4.69, 9.17) is 49.0 Å². The van der Waals surface area contributed by atoms with Gasteiger partial charge in [-0.25, -0.2) is 5.43 Å². The molecule has 0 bridgehead atoms. The minimum absolute atomic E-state index is 0.200. The number of hydrogen-bond donors (Lipinski definition) is 1. The van der Waals surface area contributed by atoms with Gasteiger partial charge in [-0.3, -0.25) is 4.79 Å². The van der Waals surface area contributed by atoms with E-state index in [2.05, 4.69) is 42.4 Å². The van der Waals surface area contributed by atoms with Gasteiger partial charge in [-0.05, 0) is 79.9 Å². The Kier molecular flexibility index (Phi) is 9.91. The summed E-state index contributed by atoms with van der Waals surface area (Å²) in [6, 6.07) is 13.7.